The Balaban J connectivity index is 0.000000461. The van der Waals surface area contributed by atoms with Gasteiger partial charge in [0, 0.05) is 16.5 Å². The molecule has 0 aliphatic rings. The summed E-state index contributed by atoms with van der Waals surface area (Å²) in [6, 6.07) is 4.36. The molecule has 0 amide bonds. The van der Waals surface area contributed by atoms with Crippen LogP contribution < -0.4 is 5.73 Å². The number of hydrogen-bond acceptors (Lipinski definition) is 3. The molecule has 1 aromatic rings. The smallest absolute Gasteiger partial charge is 0.137 e. The van der Waals surface area contributed by atoms with E-state index in [4.69, 9.17) is 16.5 Å². The van der Waals surface area contributed by atoms with Crippen molar-refractivity contribution in [3.63, 3.8) is 0 Å². The molecule has 1 rings (SSSR count). The third-order valence-corrected chi connectivity index (χ3v) is 1.55. The zero-order valence-corrected chi connectivity index (χ0v) is 7.05. The van der Waals surface area contributed by atoms with Crippen molar-refractivity contribution in [3.05, 3.63) is 28.5 Å². The molecule has 0 saturated carbocycles. The third-order valence-electron chi connectivity index (χ3n) is 0.944. The van der Waals surface area contributed by atoms with Gasteiger partial charge in [0.2, 0.25) is 0 Å². The lowest BCUT2D eigenvalue weighted by molar-refractivity contribution is 0.621. The van der Waals surface area contributed by atoms with E-state index in [1.165, 1.54) is 18.2 Å². The molecular weight excluding hydrogens is 213 g/mol. The van der Waals surface area contributed by atoms with E-state index in [9.17, 15) is 4.39 Å². The Bertz CT molecular complexity index is 261. The molecule has 0 bridgehead atoms. The van der Waals surface area contributed by atoms with Crippen molar-refractivity contribution in [1.82, 2.24) is 0 Å². The number of nitrogens with zero attached hydrogens (tertiary/aromatic N) is 2. The second-order valence-corrected chi connectivity index (χ2v) is 2.53. The average molecular weight is 218 g/mol. The summed E-state index contributed by atoms with van der Waals surface area (Å²) in [7, 11) is 0. The van der Waals surface area contributed by atoms with E-state index in [0.717, 1.165) is 0 Å². The van der Waals surface area contributed by atoms with Crippen LogP contribution in [0.4, 0.5) is 10.1 Å². The van der Waals surface area contributed by atoms with Crippen LogP contribution in [-0.2, 0) is 0 Å². The first-order valence-electron chi connectivity index (χ1n) is 2.60. The fourth-order valence-corrected chi connectivity index (χ4v) is 0.909. The fourth-order valence-electron chi connectivity index (χ4n) is 0.512. The van der Waals surface area contributed by atoms with E-state index in [1.807, 2.05) is 0 Å². The molecule has 0 heterocycles. The Morgan fingerprint density at radius 1 is 1.36 bits per heavy atom. The van der Waals surface area contributed by atoms with Crippen molar-refractivity contribution < 1.29 is 4.39 Å². The Labute approximate surface area is 71.6 Å². The van der Waals surface area contributed by atoms with Gasteiger partial charge in [-0.05, 0) is 34.1 Å². The van der Waals surface area contributed by atoms with Crippen molar-refractivity contribution in [2.75, 3.05) is 5.73 Å². The molecule has 0 radical (unpaired) electrons. The highest BCUT2D eigenvalue weighted by molar-refractivity contribution is 9.10. The topological polar surface area (TPSA) is 73.6 Å². The van der Waals surface area contributed by atoms with Crippen LogP contribution in [0.5, 0.6) is 0 Å². The Morgan fingerprint density at radius 3 is 2.27 bits per heavy atom. The lowest BCUT2D eigenvalue weighted by Crippen LogP contribution is -1.84. The van der Waals surface area contributed by atoms with Crippen LogP contribution in [0.3, 0.4) is 0 Å². The summed E-state index contributed by atoms with van der Waals surface area (Å²) >= 11 is 2.99. The quantitative estimate of drug-likeness (QED) is 0.535. The van der Waals surface area contributed by atoms with E-state index < -0.39 is 0 Å². The number of nitrogen functional groups attached to an aromatic ring is 1. The maximum Gasteiger partial charge on any atom is 0.137 e. The Hall–Kier alpha value is -1.15. The van der Waals surface area contributed by atoms with Gasteiger partial charge in [-0.25, -0.2) is 4.39 Å². The second kappa shape index (κ2) is 4.63. The maximum atomic E-state index is 12.4. The predicted molar refractivity (Wildman–Crippen MR) is 42.0 cm³/mol. The highest BCUT2D eigenvalue weighted by Crippen LogP contribution is 2.17. The number of anilines is 1. The van der Waals surface area contributed by atoms with Gasteiger partial charge in [0.1, 0.15) is 5.82 Å². The summed E-state index contributed by atoms with van der Waals surface area (Å²) in [5.74, 6) is -0.288. The van der Waals surface area contributed by atoms with Gasteiger partial charge in [-0.1, -0.05) is 0 Å². The molecule has 0 aromatic heterocycles. The van der Waals surface area contributed by atoms with Crippen LogP contribution in [0.1, 0.15) is 0 Å². The van der Waals surface area contributed by atoms with E-state index >= 15 is 0 Å². The van der Waals surface area contributed by atoms with E-state index in [2.05, 4.69) is 15.9 Å². The zero-order valence-electron chi connectivity index (χ0n) is 5.46. The van der Waals surface area contributed by atoms with Crippen molar-refractivity contribution >= 4 is 21.6 Å². The van der Waals surface area contributed by atoms with Crippen molar-refractivity contribution in [3.8, 4) is 0 Å². The number of benzene rings is 1. The fraction of sp³-hybridized carbons (Fsp3) is 0. The van der Waals surface area contributed by atoms with Gasteiger partial charge in [0.15, 0.2) is 0 Å². The lowest BCUT2D eigenvalue weighted by Gasteiger charge is -1.93. The first kappa shape index (κ1) is 9.85. The molecule has 0 fully saturated rings. The van der Waals surface area contributed by atoms with Crippen LogP contribution in [0.15, 0.2) is 22.7 Å². The van der Waals surface area contributed by atoms with E-state index in [1.54, 1.807) is 0 Å². The maximum absolute atomic E-state index is 12.4. The second-order valence-electron chi connectivity index (χ2n) is 1.67. The summed E-state index contributed by atoms with van der Waals surface area (Å²) in [4.78, 5) is 0. The van der Waals surface area contributed by atoms with Gasteiger partial charge < -0.3 is 5.73 Å². The number of nitrogens with two attached hydrogens (primary N) is 1. The summed E-state index contributed by atoms with van der Waals surface area (Å²) in [6.45, 7) is 0. The molecule has 2 N–H and O–H groups in total. The largest absolute Gasteiger partial charge is 0.399 e. The molecule has 11 heavy (non-hydrogen) atoms. The Morgan fingerprint density at radius 2 is 1.91 bits per heavy atom. The van der Waals surface area contributed by atoms with Crippen molar-refractivity contribution in [2.45, 2.75) is 0 Å². The van der Waals surface area contributed by atoms with E-state index in [-0.39, 0.29) is 5.82 Å². The minimum absolute atomic E-state index is 0.288. The van der Waals surface area contributed by atoms with Crippen molar-refractivity contribution in [1.29, 1.82) is 10.8 Å². The molecule has 0 aliphatic heterocycles. The third kappa shape index (κ3) is 2.96. The van der Waals surface area contributed by atoms with Crippen molar-refractivity contribution in [2.24, 2.45) is 0 Å². The molecule has 3 nitrogen and oxygen atoms in total. The van der Waals surface area contributed by atoms with Gasteiger partial charge >= 0.3 is 0 Å². The van der Waals surface area contributed by atoms with Crippen LogP contribution in [0.25, 0.3) is 0 Å². The van der Waals surface area contributed by atoms with Gasteiger partial charge in [-0.2, -0.15) is 0 Å². The zero-order chi connectivity index (χ0) is 8.85. The highest BCUT2D eigenvalue weighted by atomic mass is 79.9. The predicted octanol–water partition coefficient (Wildman–Crippen LogP) is 2.20. The molecule has 0 atom stereocenters. The van der Waals surface area contributed by atoms with Crippen LogP contribution in [-0.4, -0.2) is 0 Å². The monoisotopic (exact) mass is 217 g/mol. The summed E-state index contributed by atoms with van der Waals surface area (Å²) in [5, 5.41) is 12.0. The van der Waals surface area contributed by atoms with Gasteiger partial charge in [0.05, 0.1) is 4.47 Å². The molecule has 0 unspecified atom stereocenters. The molecule has 58 valence electrons. The summed E-state index contributed by atoms with van der Waals surface area (Å²) in [6.07, 6.45) is 0. The minimum Gasteiger partial charge on any atom is -0.399 e. The van der Waals surface area contributed by atoms with Gasteiger partial charge in [-0.15, -0.1) is 0 Å². The molecule has 0 saturated heterocycles. The Kier molecular flexibility index (Phi) is 4.15. The number of halogens is 2. The first-order valence-corrected chi connectivity index (χ1v) is 3.40. The average Bonchev–Trinajstić information content (AvgIpc) is 2.02. The number of hydrogen-bond donors (Lipinski definition) is 1. The number of rotatable bonds is 0. The van der Waals surface area contributed by atoms with Crippen LogP contribution in [0.2, 0.25) is 0 Å². The SMILES string of the molecule is N#N.Nc1ccc(F)c(Br)c1. The normalized spacial score (nSPS) is 8.00. The van der Waals surface area contributed by atoms with Gasteiger partial charge in [-0.3, -0.25) is 0 Å². The molecule has 1 aromatic carbocycles. The highest BCUT2D eigenvalue weighted by Gasteiger charge is 1.95. The molecular formula is C6H5BrFN3. The lowest BCUT2D eigenvalue weighted by atomic mass is 10.3. The summed E-state index contributed by atoms with van der Waals surface area (Å²) < 4.78 is 12.8. The standard InChI is InChI=1S/C6H5BrFN.N2/c7-5-3-4(9)1-2-6(5)8;1-2/h1-3H,9H2;. The summed E-state index contributed by atoms with van der Waals surface area (Å²) in [5.41, 5.74) is 5.89. The molecule has 0 spiro atoms. The first-order chi connectivity index (χ1) is 5.20. The minimum atomic E-state index is -0.288. The molecule has 5 heteroatoms. The van der Waals surface area contributed by atoms with Gasteiger partial charge in [0.25, 0.3) is 0 Å². The van der Waals surface area contributed by atoms with E-state index in [0.29, 0.717) is 10.2 Å². The molecule has 0 aliphatic carbocycles. The van der Waals surface area contributed by atoms with Crippen LogP contribution in [0, 0.1) is 16.6 Å². The van der Waals surface area contributed by atoms with Crippen LogP contribution >= 0.6 is 15.9 Å².